The Morgan fingerprint density at radius 1 is 1.16 bits per heavy atom. The van der Waals surface area contributed by atoms with Gasteiger partial charge in [0.05, 0.1) is 5.56 Å². The second-order valence-corrected chi connectivity index (χ2v) is 4.08. The molecule has 0 amide bonds. The highest BCUT2D eigenvalue weighted by atomic mass is 35.5. The van der Waals surface area contributed by atoms with Crippen LogP contribution < -0.4 is 0 Å². The lowest BCUT2D eigenvalue weighted by Crippen LogP contribution is -2.10. The zero-order valence-electron chi connectivity index (χ0n) is 9.41. The van der Waals surface area contributed by atoms with Crippen molar-refractivity contribution >= 4 is 16.8 Å². The van der Waals surface area contributed by atoms with Gasteiger partial charge < -0.3 is 0 Å². The highest BCUT2D eigenvalue weighted by Crippen LogP contribution is 2.39. The van der Waals surface area contributed by atoms with Crippen molar-refractivity contribution in [2.75, 3.05) is 0 Å². The summed E-state index contributed by atoms with van der Waals surface area (Å²) in [7, 11) is 0. The summed E-state index contributed by atoms with van der Waals surface area (Å²) in [5.74, 6) is 0. The van der Waals surface area contributed by atoms with Gasteiger partial charge in [0.25, 0.3) is 5.24 Å². The maximum Gasteiger partial charge on any atom is 0.417 e. The van der Waals surface area contributed by atoms with Gasteiger partial charge in [0, 0.05) is 29.1 Å². The Hall–Kier alpha value is -1.88. The molecule has 0 N–H and O–H groups in total. The Balaban J connectivity index is 2.78. The quantitative estimate of drug-likeness (QED) is 0.776. The molecular formula is C13H7ClF3NO. The number of benzene rings is 1. The summed E-state index contributed by atoms with van der Waals surface area (Å²) in [5.41, 5.74) is -1.15. The van der Waals surface area contributed by atoms with Crippen molar-refractivity contribution in [3.8, 4) is 11.1 Å². The van der Waals surface area contributed by atoms with Gasteiger partial charge in [0.1, 0.15) is 0 Å². The standard InChI is InChI=1S/C13H7ClF3NO/c14-12(19)9-4-1-5-10(13(15,16)17)11(9)8-3-2-6-18-7-8/h1-7H. The van der Waals surface area contributed by atoms with E-state index in [1.165, 1.54) is 30.6 Å². The topological polar surface area (TPSA) is 30.0 Å². The molecule has 1 aromatic carbocycles. The number of pyridine rings is 1. The van der Waals surface area contributed by atoms with Crippen LogP contribution in [0.15, 0.2) is 42.7 Å². The van der Waals surface area contributed by atoms with Crippen LogP contribution in [0.5, 0.6) is 0 Å². The molecule has 0 aliphatic carbocycles. The molecule has 0 bridgehead atoms. The third-order valence-corrected chi connectivity index (χ3v) is 2.74. The number of aromatic nitrogens is 1. The van der Waals surface area contributed by atoms with Crippen molar-refractivity contribution in [3.63, 3.8) is 0 Å². The Kier molecular flexibility index (Phi) is 3.57. The molecule has 0 radical (unpaired) electrons. The maximum atomic E-state index is 13.0. The van der Waals surface area contributed by atoms with Gasteiger partial charge in [0.15, 0.2) is 0 Å². The van der Waals surface area contributed by atoms with Crippen molar-refractivity contribution in [2.24, 2.45) is 0 Å². The molecule has 0 fully saturated rings. The molecule has 6 heteroatoms. The fourth-order valence-corrected chi connectivity index (χ4v) is 1.93. The molecule has 2 aromatic rings. The van der Waals surface area contributed by atoms with Crippen LogP contribution >= 0.6 is 11.6 Å². The van der Waals surface area contributed by atoms with E-state index >= 15 is 0 Å². The van der Waals surface area contributed by atoms with E-state index in [-0.39, 0.29) is 16.7 Å². The van der Waals surface area contributed by atoms with E-state index in [1.807, 2.05) is 0 Å². The van der Waals surface area contributed by atoms with E-state index in [9.17, 15) is 18.0 Å². The zero-order valence-corrected chi connectivity index (χ0v) is 10.2. The van der Waals surface area contributed by atoms with E-state index in [1.54, 1.807) is 0 Å². The number of nitrogens with zero attached hydrogens (tertiary/aromatic N) is 1. The van der Waals surface area contributed by atoms with Crippen molar-refractivity contribution in [1.82, 2.24) is 4.98 Å². The molecule has 0 saturated carbocycles. The Bertz CT molecular complexity index is 611. The SMILES string of the molecule is O=C(Cl)c1cccc(C(F)(F)F)c1-c1cccnc1. The molecule has 0 spiro atoms. The maximum absolute atomic E-state index is 13.0. The molecule has 2 rings (SSSR count). The van der Waals surface area contributed by atoms with Gasteiger partial charge in [0.2, 0.25) is 0 Å². The van der Waals surface area contributed by atoms with E-state index in [4.69, 9.17) is 11.6 Å². The molecule has 2 nitrogen and oxygen atoms in total. The first-order valence-corrected chi connectivity index (χ1v) is 5.59. The first kappa shape index (κ1) is 13.5. The summed E-state index contributed by atoms with van der Waals surface area (Å²) in [4.78, 5) is 15.1. The third kappa shape index (κ3) is 2.76. The molecule has 0 aliphatic rings. The predicted molar refractivity (Wildman–Crippen MR) is 64.9 cm³/mol. The Morgan fingerprint density at radius 3 is 2.42 bits per heavy atom. The summed E-state index contributed by atoms with van der Waals surface area (Å²) in [6, 6.07) is 6.25. The van der Waals surface area contributed by atoms with E-state index in [2.05, 4.69) is 4.98 Å². The molecule has 0 unspecified atom stereocenters. The second kappa shape index (κ2) is 5.01. The number of alkyl halides is 3. The van der Waals surface area contributed by atoms with Crippen molar-refractivity contribution < 1.29 is 18.0 Å². The molecule has 1 aromatic heterocycles. The number of halogens is 4. The predicted octanol–water partition coefficient (Wildman–Crippen LogP) is 4.15. The molecule has 0 atom stereocenters. The third-order valence-electron chi connectivity index (χ3n) is 2.53. The van der Waals surface area contributed by atoms with Gasteiger partial charge in [-0.25, -0.2) is 0 Å². The van der Waals surface area contributed by atoms with Crippen LogP contribution in [0.1, 0.15) is 15.9 Å². The van der Waals surface area contributed by atoms with Gasteiger partial charge in [-0.2, -0.15) is 13.2 Å². The van der Waals surface area contributed by atoms with Gasteiger partial charge in [-0.15, -0.1) is 0 Å². The van der Waals surface area contributed by atoms with Gasteiger partial charge >= 0.3 is 6.18 Å². The number of hydrogen-bond donors (Lipinski definition) is 0. The molecule has 0 aliphatic heterocycles. The van der Waals surface area contributed by atoms with Crippen LogP contribution in [0.2, 0.25) is 0 Å². The van der Waals surface area contributed by atoms with Crippen LogP contribution in [0.3, 0.4) is 0 Å². The van der Waals surface area contributed by atoms with Gasteiger partial charge in [-0.05, 0) is 29.8 Å². The second-order valence-electron chi connectivity index (χ2n) is 3.74. The van der Waals surface area contributed by atoms with Gasteiger partial charge in [-0.3, -0.25) is 9.78 Å². The molecule has 19 heavy (non-hydrogen) atoms. The summed E-state index contributed by atoms with van der Waals surface area (Å²) < 4.78 is 39.0. The highest BCUT2D eigenvalue weighted by Gasteiger charge is 2.35. The normalized spacial score (nSPS) is 11.4. The minimum absolute atomic E-state index is 0.190. The molecule has 98 valence electrons. The minimum Gasteiger partial charge on any atom is -0.276 e. The van der Waals surface area contributed by atoms with Crippen molar-refractivity contribution in [3.05, 3.63) is 53.9 Å². The number of carbonyl (C=O) groups excluding carboxylic acids is 1. The van der Waals surface area contributed by atoms with Crippen molar-refractivity contribution in [2.45, 2.75) is 6.18 Å². The fraction of sp³-hybridized carbons (Fsp3) is 0.0769. The fourth-order valence-electron chi connectivity index (χ4n) is 1.77. The first-order valence-electron chi connectivity index (χ1n) is 5.21. The number of hydrogen-bond acceptors (Lipinski definition) is 2. The van der Waals surface area contributed by atoms with Crippen molar-refractivity contribution in [1.29, 1.82) is 0 Å². The van der Waals surface area contributed by atoms with E-state index in [0.717, 1.165) is 12.1 Å². The van der Waals surface area contributed by atoms with E-state index < -0.39 is 17.0 Å². The first-order chi connectivity index (χ1) is 8.91. The Morgan fingerprint density at radius 2 is 1.89 bits per heavy atom. The van der Waals surface area contributed by atoms with Gasteiger partial charge in [-0.1, -0.05) is 12.1 Å². The monoisotopic (exact) mass is 285 g/mol. The number of carbonyl (C=O) groups is 1. The minimum atomic E-state index is -4.58. The average molecular weight is 286 g/mol. The summed E-state index contributed by atoms with van der Waals surface area (Å²) in [6.45, 7) is 0. The summed E-state index contributed by atoms with van der Waals surface area (Å²) in [6.07, 6.45) is -1.89. The van der Waals surface area contributed by atoms with Crippen LogP contribution in [0.4, 0.5) is 13.2 Å². The lowest BCUT2D eigenvalue weighted by molar-refractivity contribution is -0.137. The van der Waals surface area contributed by atoms with Crippen LogP contribution in [-0.4, -0.2) is 10.2 Å². The smallest absolute Gasteiger partial charge is 0.276 e. The Labute approximate surface area is 111 Å². The zero-order chi connectivity index (χ0) is 14.0. The summed E-state index contributed by atoms with van der Waals surface area (Å²) >= 11 is 5.35. The average Bonchev–Trinajstić information content (AvgIpc) is 2.37. The summed E-state index contributed by atoms with van der Waals surface area (Å²) in [5, 5.41) is -0.940. The lowest BCUT2D eigenvalue weighted by atomic mass is 9.95. The van der Waals surface area contributed by atoms with E-state index in [0.29, 0.717) is 0 Å². The number of rotatable bonds is 2. The molecular weight excluding hydrogens is 279 g/mol. The largest absolute Gasteiger partial charge is 0.417 e. The van der Waals surface area contributed by atoms with Crippen LogP contribution in [0, 0.1) is 0 Å². The molecule has 0 saturated heterocycles. The molecule has 1 heterocycles. The van der Waals surface area contributed by atoms with Crippen LogP contribution in [0.25, 0.3) is 11.1 Å². The highest BCUT2D eigenvalue weighted by molar-refractivity contribution is 6.68. The lowest BCUT2D eigenvalue weighted by Gasteiger charge is -2.15. The van der Waals surface area contributed by atoms with Crippen LogP contribution in [-0.2, 0) is 6.18 Å².